The van der Waals surface area contributed by atoms with Crippen molar-refractivity contribution in [3.05, 3.63) is 59.4 Å². The van der Waals surface area contributed by atoms with E-state index in [1.807, 2.05) is 0 Å². The molecule has 0 aliphatic rings. The van der Waals surface area contributed by atoms with Gasteiger partial charge in [0.05, 0.1) is 29.8 Å². The molecule has 3 rings (SSSR count). The van der Waals surface area contributed by atoms with Crippen LogP contribution < -0.4 is 4.72 Å². The van der Waals surface area contributed by atoms with Crippen LogP contribution in [-0.4, -0.2) is 28.0 Å². The molecule has 0 fully saturated rings. The summed E-state index contributed by atoms with van der Waals surface area (Å²) in [7, 11) is -2.13. The van der Waals surface area contributed by atoms with Crippen LogP contribution in [0.3, 0.4) is 0 Å². The van der Waals surface area contributed by atoms with Crippen molar-refractivity contribution in [2.24, 2.45) is 7.05 Å². The van der Waals surface area contributed by atoms with Gasteiger partial charge < -0.3 is 0 Å². The summed E-state index contributed by atoms with van der Waals surface area (Å²) in [6, 6.07) is 6.42. The molecule has 0 spiro atoms. The molecule has 132 valence electrons. The standard InChI is InChI=1S/C16H18FN5O2S/c1-11-16(20-25(23,24)14-8-18-21(3)10-14)12(2)22(19-11)9-13-6-4-5-7-15(13)17/h4-8,10,20H,9H2,1-3H3. The second kappa shape index (κ2) is 6.32. The largest absolute Gasteiger partial charge is 0.276 e. The van der Waals surface area contributed by atoms with Crippen molar-refractivity contribution in [2.45, 2.75) is 25.3 Å². The number of rotatable bonds is 5. The Balaban J connectivity index is 1.91. The third-order valence-electron chi connectivity index (χ3n) is 3.89. The molecule has 1 aromatic carbocycles. The van der Waals surface area contributed by atoms with Crippen LogP contribution in [0.4, 0.5) is 10.1 Å². The van der Waals surface area contributed by atoms with Gasteiger partial charge in [-0.2, -0.15) is 10.2 Å². The van der Waals surface area contributed by atoms with E-state index in [-0.39, 0.29) is 17.3 Å². The lowest BCUT2D eigenvalue weighted by Gasteiger charge is -2.08. The molecule has 0 atom stereocenters. The molecule has 0 radical (unpaired) electrons. The van der Waals surface area contributed by atoms with Crippen LogP contribution >= 0.6 is 0 Å². The molecule has 1 N–H and O–H groups in total. The van der Waals surface area contributed by atoms with Gasteiger partial charge in [-0.25, -0.2) is 12.8 Å². The Labute approximate surface area is 145 Å². The molecule has 25 heavy (non-hydrogen) atoms. The number of hydrogen-bond donors (Lipinski definition) is 1. The zero-order valence-corrected chi connectivity index (χ0v) is 14.9. The summed E-state index contributed by atoms with van der Waals surface area (Å²) in [4.78, 5) is 0.0654. The van der Waals surface area contributed by atoms with Gasteiger partial charge in [-0.15, -0.1) is 0 Å². The quantitative estimate of drug-likeness (QED) is 0.754. The molecule has 0 amide bonds. The zero-order chi connectivity index (χ0) is 18.2. The van der Waals surface area contributed by atoms with Crippen molar-refractivity contribution in [1.82, 2.24) is 19.6 Å². The van der Waals surface area contributed by atoms with E-state index in [1.54, 1.807) is 43.8 Å². The van der Waals surface area contributed by atoms with Gasteiger partial charge in [0, 0.05) is 18.8 Å². The van der Waals surface area contributed by atoms with E-state index >= 15 is 0 Å². The predicted molar refractivity (Wildman–Crippen MR) is 91.2 cm³/mol. The minimum atomic E-state index is -3.77. The van der Waals surface area contributed by atoms with Crippen LogP contribution in [0.1, 0.15) is 17.0 Å². The Morgan fingerprint density at radius 3 is 2.60 bits per heavy atom. The highest BCUT2D eigenvalue weighted by Gasteiger charge is 2.21. The average Bonchev–Trinajstić information content (AvgIpc) is 3.09. The first-order valence-corrected chi connectivity index (χ1v) is 9.05. The Hall–Kier alpha value is -2.68. The van der Waals surface area contributed by atoms with E-state index in [4.69, 9.17) is 0 Å². The van der Waals surface area contributed by atoms with Crippen LogP contribution in [0.2, 0.25) is 0 Å². The second-order valence-corrected chi connectivity index (χ2v) is 7.43. The first kappa shape index (κ1) is 17.2. The molecule has 0 aliphatic carbocycles. The number of benzene rings is 1. The molecule has 0 saturated carbocycles. The normalized spacial score (nSPS) is 11.7. The summed E-state index contributed by atoms with van der Waals surface area (Å²) in [6.45, 7) is 3.65. The number of sulfonamides is 1. The lowest BCUT2D eigenvalue weighted by atomic mass is 10.2. The van der Waals surface area contributed by atoms with Crippen molar-refractivity contribution in [3.63, 3.8) is 0 Å². The van der Waals surface area contributed by atoms with Crippen molar-refractivity contribution in [3.8, 4) is 0 Å². The van der Waals surface area contributed by atoms with Crippen LogP contribution in [0.5, 0.6) is 0 Å². The van der Waals surface area contributed by atoms with Crippen LogP contribution in [0, 0.1) is 19.7 Å². The Kier molecular flexibility index (Phi) is 4.34. The zero-order valence-electron chi connectivity index (χ0n) is 14.1. The number of anilines is 1. The fourth-order valence-electron chi connectivity index (χ4n) is 2.52. The smallest absolute Gasteiger partial charge is 0.265 e. The Morgan fingerprint density at radius 2 is 1.96 bits per heavy atom. The number of nitrogens with one attached hydrogen (secondary N) is 1. The highest BCUT2D eigenvalue weighted by molar-refractivity contribution is 7.92. The molecule has 0 aliphatic heterocycles. The molecule has 7 nitrogen and oxygen atoms in total. The van der Waals surface area contributed by atoms with Crippen LogP contribution in [0.25, 0.3) is 0 Å². The van der Waals surface area contributed by atoms with Crippen molar-refractivity contribution >= 4 is 15.7 Å². The lowest BCUT2D eigenvalue weighted by Crippen LogP contribution is -2.14. The maximum absolute atomic E-state index is 13.8. The second-order valence-electron chi connectivity index (χ2n) is 5.75. The summed E-state index contributed by atoms with van der Waals surface area (Å²) in [6.07, 6.45) is 2.69. The molecule has 2 aromatic heterocycles. The van der Waals surface area contributed by atoms with Gasteiger partial charge in [0.2, 0.25) is 0 Å². The number of aryl methyl sites for hydroxylation is 2. The Bertz CT molecular complexity index is 1020. The number of halogens is 1. The van der Waals surface area contributed by atoms with Crippen molar-refractivity contribution in [2.75, 3.05) is 4.72 Å². The van der Waals surface area contributed by atoms with Crippen LogP contribution in [0.15, 0.2) is 41.6 Å². The predicted octanol–water partition coefficient (Wildman–Crippen LogP) is 2.22. The molecule has 3 aromatic rings. The first-order chi connectivity index (χ1) is 11.8. The molecule has 0 unspecified atom stereocenters. The van der Waals surface area contributed by atoms with Gasteiger partial charge in [-0.3, -0.25) is 14.1 Å². The van der Waals surface area contributed by atoms with Gasteiger partial charge >= 0.3 is 0 Å². The molecular formula is C16H18FN5O2S. The van der Waals surface area contributed by atoms with Gasteiger partial charge in [0.1, 0.15) is 10.7 Å². The van der Waals surface area contributed by atoms with E-state index in [0.717, 1.165) is 0 Å². The third-order valence-corrected chi connectivity index (χ3v) is 5.19. The summed E-state index contributed by atoms with van der Waals surface area (Å²) in [5, 5.41) is 8.21. The van der Waals surface area contributed by atoms with Crippen molar-refractivity contribution in [1.29, 1.82) is 0 Å². The Morgan fingerprint density at radius 1 is 1.24 bits per heavy atom. The van der Waals surface area contributed by atoms with Crippen LogP contribution in [-0.2, 0) is 23.6 Å². The third kappa shape index (κ3) is 3.41. The first-order valence-electron chi connectivity index (χ1n) is 7.57. The summed E-state index contributed by atoms with van der Waals surface area (Å²) >= 11 is 0. The summed E-state index contributed by atoms with van der Waals surface area (Å²) in [5.41, 5.74) is 1.99. The van der Waals surface area contributed by atoms with E-state index in [2.05, 4.69) is 14.9 Å². The van der Waals surface area contributed by atoms with Gasteiger partial charge in [0.15, 0.2) is 0 Å². The fraction of sp³-hybridized carbons (Fsp3) is 0.250. The van der Waals surface area contributed by atoms with E-state index in [1.165, 1.54) is 23.1 Å². The lowest BCUT2D eigenvalue weighted by molar-refractivity contribution is 0.579. The van der Waals surface area contributed by atoms with Gasteiger partial charge in [0.25, 0.3) is 10.0 Å². The number of hydrogen-bond acceptors (Lipinski definition) is 4. The molecule has 0 saturated heterocycles. The minimum Gasteiger partial charge on any atom is -0.276 e. The van der Waals surface area contributed by atoms with E-state index in [9.17, 15) is 12.8 Å². The topological polar surface area (TPSA) is 81.8 Å². The van der Waals surface area contributed by atoms with Gasteiger partial charge in [-0.05, 0) is 19.9 Å². The highest BCUT2D eigenvalue weighted by atomic mass is 32.2. The maximum Gasteiger partial charge on any atom is 0.265 e. The van der Waals surface area contributed by atoms with E-state index < -0.39 is 10.0 Å². The monoisotopic (exact) mass is 363 g/mol. The highest BCUT2D eigenvalue weighted by Crippen LogP contribution is 2.24. The molecular weight excluding hydrogens is 345 g/mol. The summed E-state index contributed by atoms with van der Waals surface area (Å²) < 4.78 is 44.3. The number of nitrogens with zero attached hydrogens (tertiary/aromatic N) is 4. The minimum absolute atomic E-state index is 0.0654. The molecule has 0 bridgehead atoms. The molecule has 2 heterocycles. The molecule has 9 heteroatoms. The SMILES string of the molecule is Cc1nn(Cc2ccccc2F)c(C)c1NS(=O)(=O)c1cnn(C)c1. The average molecular weight is 363 g/mol. The fourth-order valence-corrected chi connectivity index (χ4v) is 3.68. The number of aromatic nitrogens is 4. The van der Waals surface area contributed by atoms with Gasteiger partial charge in [-0.1, -0.05) is 18.2 Å². The van der Waals surface area contributed by atoms with E-state index in [0.29, 0.717) is 22.6 Å². The maximum atomic E-state index is 13.8. The van der Waals surface area contributed by atoms with Crippen molar-refractivity contribution < 1.29 is 12.8 Å². The summed E-state index contributed by atoms with van der Waals surface area (Å²) in [5.74, 6) is -0.326.